The van der Waals surface area contributed by atoms with Gasteiger partial charge in [-0.25, -0.2) is 4.79 Å². The number of ether oxygens (including phenoxy) is 4. The van der Waals surface area contributed by atoms with E-state index in [0.29, 0.717) is 17.4 Å². The first kappa shape index (κ1) is 77.0. The molecule has 0 spiro atoms. The van der Waals surface area contributed by atoms with Crippen LogP contribution in [0, 0.1) is 0 Å². The Morgan fingerprint density at radius 2 is 0.646 bits per heavy atom. The lowest BCUT2D eigenvalue weighted by Crippen LogP contribution is -2.40. The van der Waals surface area contributed by atoms with E-state index in [1.807, 2.05) is 21.1 Å². The first-order chi connectivity index (χ1) is 38.6. The summed E-state index contributed by atoms with van der Waals surface area (Å²) in [5, 5.41) is 9.71. The van der Waals surface area contributed by atoms with Crippen LogP contribution in [0.15, 0.2) is 12.2 Å². The van der Waals surface area contributed by atoms with Gasteiger partial charge in [0, 0.05) is 12.8 Å². The normalized spacial score (nSPS) is 12.7. The minimum atomic E-state index is -1.50. The Hall–Kier alpha value is -1.97. The number of nitrogens with zero attached hydrogens (tertiary/aromatic N) is 1. The van der Waals surface area contributed by atoms with E-state index in [1.54, 1.807) is 0 Å². The molecule has 0 radical (unpaired) electrons. The number of allylic oxidation sites excluding steroid dienone is 2. The molecule has 0 aromatic heterocycles. The zero-order valence-electron chi connectivity index (χ0n) is 53.6. The van der Waals surface area contributed by atoms with Gasteiger partial charge in [-0.3, -0.25) is 9.59 Å². The third kappa shape index (κ3) is 63.5. The summed E-state index contributed by atoms with van der Waals surface area (Å²) in [7, 11) is 5.98. The molecule has 0 aliphatic carbocycles. The Bertz CT molecular complexity index is 1300. The van der Waals surface area contributed by atoms with Gasteiger partial charge in [-0.15, -0.1) is 0 Å². The molecular weight excluding hydrogens is 983 g/mol. The van der Waals surface area contributed by atoms with Crippen molar-refractivity contribution in [2.75, 3.05) is 47.5 Å². The molecule has 2 unspecified atom stereocenters. The number of rotatable bonds is 66. The number of carbonyl (C=O) groups is 3. The van der Waals surface area contributed by atoms with Crippen LogP contribution in [0.25, 0.3) is 0 Å². The Kier molecular flexibility index (Phi) is 60.5. The average molecular weight is 1120 g/mol. The quantitative estimate of drug-likeness (QED) is 0.0211. The molecule has 0 bridgehead atoms. The first-order valence-electron chi connectivity index (χ1n) is 34.9. The molecule has 0 saturated carbocycles. The molecule has 0 saturated heterocycles. The number of quaternary nitrogens is 1. The van der Waals surface area contributed by atoms with Gasteiger partial charge in [0.05, 0.1) is 34.4 Å². The molecule has 0 aromatic rings. The molecule has 9 nitrogen and oxygen atoms in total. The maximum atomic E-state index is 12.9. The molecule has 0 aliphatic rings. The van der Waals surface area contributed by atoms with E-state index in [1.165, 1.54) is 295 Å². The summed E-state index contributed by atoms with van der Waals surface area (Å²) in [5.74, 6) is -1.98. The molecule has 79 heavy (non-hydrogen) atoms. The molecule has 0 heterocycles. The minimum absolute atomic E-state index is 0.173. The highest BCUT2D eigenvalue weighted by molar-refractivity contribution is 5.71. The topological polar surface area (TPSA) is 108 Å². The Balaban J connectivity index is 3.85. The summed E-state index contributed by atoms with van der Waals surface area (Å²) in [6, 6.07) is 0. The van der Waals surface area contributed by atoms with Gasteiger partial charge in [-0.2, -0.15) is 0 Å². The van der Waals surface area contributed by atoms with Crippen molar-refractivity contribution in [3.05, 3.63) is 12.2 Å². The summed E-state index contributed by atoms with van der Waals surface area (Å²) < 4.78 is 22.9. The van der Waals surface area contributed by atoms with Gasteiger partial charge in [-0.1, -0.05) is 321 Å². The number of carboxylic acids is 1. The fourth-order valence-electron chi connectivity index (χ4n) is 10.7. The van der Waals surface area contributed by atoms with Crippen LogP contribution in [0.1, 0.15) is 361 Å². The summed E-state index contributed by atoms with van der Waals surface area (Å²) >= 11 is 0. The molecular formula is C70H136NO8+. The fraction of sp³-hybridized carbons (Fsp3) is 0.929. The highest BCUT2D eigenvalue weighted by Crippen LogP contribution is 2.19. The predicted molar refractivity (Wildman–Crippen MR) is 337 cm³/mol. The van der Waals surface area contributed by atoms with Crippen LogP contribution in [0.5, 0.6) is 0 Å². The second kappa shape index (κ2) is 62.1. The second-order valence-corrected chi connectivity index (χ2v) is 25.2. The van der Waals surface area contributed by atoms with E-state index in [0.717, 1.165) is 38.5 Å². The zero-order chi connectivity index (χ0) is 57.6. The highest BCUT2D eigenvalue weighted by Gasteiger charge is 2.25. The minimum Gasteiger partial charge on any atom is -0.477 e. The maximum absolute atomic E-state index is 12.9. The Morgan fingerprint density at radius 1 is 0.367 bits per heavy atom. The molecule has 0 aromatic carbocycles. The smallest absolute Gasteiger partial charge is 0.361 e. The molecule has 1 N–H and O–H groups in total. The molecule has 2 atom stereocenters. The van der Waals surface area contributed by atoms with Gasteiger partial charge < -0.3 is 28.5 Å². The van der Waals surface area contributed by atoms with Gasteiger partial charge in [0.25, 0.3) is 6.29 Å². The highest BCUT2D eigenvalue weighted by atomic mass is 16.7. The van der Waals surface area contributed by atoms with Gasteiger partial charge in [-0.05, 0) is 38.5 Å². The van der Waals surface area contributed by atoms with Crippen molar-refractivity contribution in [1.82, 2.24) is 0 Å². The number of likely N-dealkylation sites (N-methyl/N-ethyl adjacent to an activating group) is 1. The van der Waals surface area contributed by atoms with Gasteiger partial charge in [0.15, 0.2) is 6.10 Å². The SMILES string of the molecule is CCCCCCCCCC/C=C\CCCCCCCCCCCCCCCCCCCCCCCCCCCCCCCC(=O)OC(COC(=O)CCCCCCCCCCCCCCC)COC(OCC[N+](C)(C)C)C(=O)O. The van der Waals surface area contributed by atoms with Crippen molar-refractivity contribution in [2.24, 2.45) is 0 Å². The van der Waals surface area contributed by atoms with Crippen molar-refractivity contribution in [3.63, 3.8) is 0 Å². The Morgan fingerprint density at radius 3 is 0.937 bits per heavy atom. The van der Waals surface area contributed by atoms with Crippen molar-refractivity contribution < 1.29 is 42.9 Å². The molecule has 9 heteroatoms. The van der Waals surface area contributed by atoms with Crippen LogP contribution in [0.4, 0.5) is 0 Å². The van der Waals surface area contributed by atoms with Crippen LogP contribution in [-0.4, -0.2) is 87.4 Å². The van der Waals surface area contributed by atoms with Crippen LogP contribution >= 0.6 is 0 Å². The molecule has 0 amide bonds. The van der Waals surface area contributed by atoms with E-state index in [-0.39, 0.29) is 38.2 Å². The monoisotopic (exact) mass is 1120 g/mol. The number of aliphatic carboxylic acids is 1. The average Bonchev–Trinajstić information content (AvgIpc) is 3.42. The van der Waals surface area contributed by atoms with E-state index < -0.39 is 18.4 Å². The molecule has 468 valence electrons. The molecule has 0 rings (SSSR count). The lowest BCUT2D eigenvalue weighted by Gasteiger charge is -2.25. The number of hydrogen-bond donors (Lipinski definition) is 1. The number of unbranched alkanes of at least 4 members (excludes halogenated alkanes) is 49. The van der Waals surface area contributed by atoms with Crippen molar-refractivity contribution in [2.45, 2.75) is 373 Å². The number of carbonyl (C=O) groups excluding carboxylic acids is 2. The number of hydrogen-bond acceptors (Lipinski definition) is 7. The van der Waals surface area contributed by atoms with Crippen LogP contribution in [0.2, 0.25) is 0 Å². The number of carboxylic acid groups (broad SMARTS) is 1. The lowest BCUT2D eigenvalue weighted by molar-refractivity contribution is -0.870. The number of esters is 2. The van der Waals surface area contributed by atoms with Gasteiger partial charge in [0.2, 0.25) is 0 Å². The third-order valence-corrected chi connectivity index (χ3v) is 16.0. The van der Waals surface area contributed by atoms with Crippen LogP contribution in [0.3, 0.4) is 0 Å². The van der Waals surface area contributed by atoms with Crippen LogP contribution in [-0.2, 0) is 33.3 Å². The van der Waals surface area contributed by atoms with Crippen LogP contribution < -0.4 is 0 Å². The fourth-order valence-corrected chi connectivity index (χ4v) is 10.7. The maximum Gasteiger partial charge on any atom is 0.361 e. The third-order valence-electron chi connectivity index (χ3n) is 16.0. The summed E-state index contributed by atoms with van der Waals surface area (Å²) in [4.78, 5) is 37.4. The van der Waals surface area contributed by atoms with E-state index >= 15 is 0 Å². The van der Waals surface area contributed by atoms with E-state index in [9.17, 15) is 19.5 Å². The van der Waals surface area contributed by atoms with Gasteiger partial charge >= 0.3 is 17.9 Å². The van der Waals surface area contributed by atoms with Crippen molar-refractivity contribution in [3.8, 4) is 0 Å². The summed E-state index contributed by atoms with van der Waals surface area (Å²) in [6.07, 6.45) is 72.2. The molecule has 0 fully saturated rings. The predicted octanol–water partition coefficient (Wildman–Crippen LogP) is 21.3. The summed E-state index contributed by atoms with van der Waals surface area (Å²) in [6.45, 7) is 4.94. The largest absolute Gasteiger partial charge is 0.477 e. The Labute approximate surface area is 491 Å². The first-order valence-corrected chi connectivity index (χ1v) is 34.9. The van der Waals surface area contributed by atoms with E-state index in [4.69, 9.17) is 18.9 Å². The second-order valence-electron chi connectivity index (χ2n) is 25.2. The lowest BCUT2D eigenvalue weighted by atomic mass is 10.0. The standard InChI is InChI=1S/C70H135NO8/c1-6-8-10-12-14-16-18-20-21-22-23-24-25-26-27-28-29-30-31-32-33-34-35-36-37-38-39-40-41-42-43-44-45-46-47-49-51-53-55-57-59-61-68(73)79-66(65-78-70(69(74)75)76-63-62-71(3,4)5)64-77-67(72)60-58-56-54-52-50-48-19-17-15-13-11-9-7-2/h22-23,66,70H,6-21,24-65H2,1-5H3/p+1/b23-22-. The summed E-state index contributed by atoms with van der Waals surface area (Å²) in [5.41, 5.74) is 0. The zero-order valence-corrected chi connectivity index (χ0v) is 53.6. The molecule has 0 aliphatic heterocycles. The van der Waals surface area contributed by atoms with Crippen molar-refractivity contribution in [1.29, 1.82) is 0 Å². The van der Waals surface area contributed by atoms with E-state index in [2.05, 4.69) is 26.0 Å². The van der Waals surface area contributed by atoms with Gasteiger partial charge in [0.1, 0.15) is 13.2 Å². The van der Waals surface area contributed by atoms with Crippen molar-refractivity contribution >= 4 is 17.9 Å².